The van der Waals surface area contributed by atoms with Gasteiger partial charge in [-0.1, -0.05) is 18.2 Å². The van der Waals surface area contributed by atoms with E-state index in [1.165, 1.54) is 17.7 Å². The van der Waals surface area contributed by atoms with Crippen molar-refractivity contribution >= 4 is 5.69 Å². The molecule has 0 saturated carbocycles. The summed E-state index contributed by atoms with van der Waals surface area (Å²) in [7, 11) is 0. The highest BCUT2D eigenvalue weighted by Gasteiger charge is 2.09. The average molecular weight is 248 g/mol. The molecule has 0 atom stereocenters. The Morgan fingerprint density at radius 1 is 1.17 bits per heavy atom. The fourth-order valence-corrected chi connectivity index (χ4v) is 2.10. The van der Waals surface area contributed by atoms with Gasteiger partial charge in [0.1, 0.15) is 0 Å². The van der Waals surface area contributed by atoms with Gasteiger partial charge in [0.2, 0.25) is 0 Å². The zero-order chi connectivity index (χ0) is 13.6. The Hall–Kier alpha value is -1.02. The molecule has 1 aromatic carbocycles. The van der Waals surface area contributed by atoms with Crippen molar-refractivity contribution in [1.29, 1.82) is 0 Å². The fraction of sp³-hybridized carbons (Fsp3) is 0.625. The highest BCUT2D eigenvalue weighted by Crippen LogP contribution is 2.19. The summed E-state index contributed by atoms with van der Waals surface area (Å²) >= 11 is 0. The van der Waals surface area contributed by atoms with Gasteiger partial charge >= 0.3 is 0 Å². The summed E-state index contributed by atoms with van der Waals surface area (Å²) in [5.74, 6) is 0. The predicted octanol–water partition coefficient (Wildman–Crippen LogP) is 3.60. The summed E-state index contributed by atoms with van der Waals surface area (Å²) in [6, 6.07) is 8.63. The Kier molecular flexibility index (Phi) is 5.67. The Bertz CT molecular complexity index is 352. The number of hydrogen-bond acceptors (Lipinski definition) is 2. The maximum atomic E-state index is 3.54. The third-order valence-electron chi connectivity index (χ3n) is 3.10. The van der Waals surface area contributed by atoms with Gasteiger partial charge in [-0.2, -0.15) is 0 Å². The van der Waals surface area contributed by atoms with Gasteiger partial charge in [-0.3, -0.25) is 0 Å². The third kappa shape index (κ3) is 5.09. The number of aryl methyl sites for hydroxylation is 1. The van der Waals surface area contributed by atoms with Crippen LogP contribution in [0.15, 0.2) is 24.3 Å². The molecule has 0 fully saturated rings. The van der Waals surface area contributed by atoms with Crippen LogP contribution in [-0.4, -0.2) is 25.2 Å². The highest BCUT2D eigenvalue weighted by atomic mass is 15.1. The van der Waals surface area contributed by atoms with Gasteiger partial charge in [-0.25, -0.2) is 0 Å². The lowest BCUT2D eigenvalue weighted by Crippen LogP contribution is -2.38. The normalized spacial score (nSPS) is 11.6. The Labute approximate surface area is 112 Å². The van der Waals surface area contributed by atoms with Crippen LogP contribution in [0, 0.1) is 6.92 Å². The zero-order valence-corrected chi connectivity index (χ0v) is 12.6. The summed E-state index contributed by atoms with van der Waals surface area (Å²) in [5, 5.41) is 3.54. The minimum atomic E-state index is 0.222. The minimum Gasteiger partial charge on any atom is -0.372 e. The lowest BCUT2D eigenvalue weighted by molar-refractivity contribution is 0.422. The van der Waals surface area contributed by atoms with E-state index in [0.29, 0.717) is 0 Å². The molecule has 1 aromatic rings. The van der Waals surface area contributed by atoms with Crippen molar-refractivity contribution < 1.29 is 0 Å². The topological polar surface area (TPSA) is 15.3 Å². The van der Waals surface area contributed by atoms with Crippen LogP contribution >= 0.6 is 0 Å². The summed E-state index contributed by atoms with van der Waals surface area (Å²) in [6.07, 6.45) is 1.18. The van der Waals surface area contributed by atoms with Crippen LogP contribution in [0.2, 0.25) is 0 Å². The van der Waals surface area contributed by atoms with Gasteiger partial charge < -0.3 is 10.2 Å². The Balaban J connectivity index is 2.46. The standard InChI is InChI=1S/C16H28N2/c1-6-18(13-9-12-17-16(3,4)5)15-11-8-7-10-14(15)2/h7-8,10-11,17H,6,9,12-13H2,1-5H3. The first-order chi connectivity index (χ1) is 8.44. The van der Waals surface area contributed by atoms with Gasteiger partial charge in [0.25, 0.3) is 0 Å². The molecule has 0 unspecified atom stereocenters. The predicted molar refractivity (Wildman–Crippen MR) is 81.4 cm³/mol. The van der Waals surface area contributed by atoms with E-state index in [9.17, 15) is 0 Å². The number of benzene rings is 1. The molecule has 1 rings (SSSR count). The fourth-order valence-electron chi connectivity index (χ4n) is 2.10. The number of hydrogen-bond donors (Lipinski definition) is 1. The van der Waals surface area contributed by atoms with Crippen molar-refractivity contribution in [1.82, 2.24) is 5.32 Å². The molecule has 0 heterocycles. The molecular weight excluding hydrogens is 220 g/mol. The Morgan fingerprint density at radius 2 is 1.83 bits per heavy atom. The van der Waals surface area contributed by atoms with E-state index in [1.807, 2.05) is 0 Å². The number of nitrogens with one attached hydrogen (secondary N) is 1. The van der Waals surface area contributed by atoms with Crippen LogP contribution in [0.4, 0.5) is 5.69 Å². The summed E-state index contributed by atoms with van der Waals surface area (Å²) < 4.78 is 0. The largest absolute Gasteiger partial charge is 0.372 e. The zero-order valence-electron chi connectivity index (χ0n) is 12.6. The molecule has 1 N–H and O–H groups in total. The molecule has 0 aromatic heterocycles. The molecule has 0 spiro atoms. The molecule has 102 valence electrons. The number of nitrogens with zero attached hydrogens (tertiary/aromatic N) is 1. The van der Waals surface area contributed by atoms with E-state index in [1.54, 1.807) is 0 Å². The number of anilines is 1. The summed E-state index contributed by atoms with van der Waals surface area (Å²) in [4.78, 5) is 2.46. The maximum Gasteiger partial charge on any atom is 0.0395 e. The molecule has 0 saturated heterocycles. The van der Waals surface area contributed by atoms with E-state index >= 15 is 0 Å². The second-order valence-corrected chi connectivity index (χ2v) is 5.90. The third-order valence-corrected chi connectivity index (χ3v) is 3.10. The molecule has 18 heavy (non-hydrogen) atoms. The molecular formula is C16H28N2. The summed E-state index contributed by atoms with van der Waals surface area (Å²) in [5.41, 5.74) is 2.96. The first-order valence-corrected chi connectivity index (χ1v) is 6.99. The average Bonchev–Trinajstić information content (AvgIpc) is 2.29. The molecule has 0 aliphatic carbocycles. The van der Waals surface area contributed by atoms with Crippen LogP contribution in [0.25, 0.3) is 0 Å². The van der Waals surface area contributed by atoms with Gasteiger partial charge in [-0.05, 0) is 59.2 Å². The van der Waals surface area contributed by atoms with Gasteiger partial charge in [-0.15, -0.1) is 0 Å². The lowest BCUT2D eigenvalue weighted by Gasteiger charge is -2.26. The van der Waals surface area contributed by atoms with Crippen molar-refractivity contribution in [2.45, 2.75) is 46.6 Å². The first kappa shape index (κ1) is 15.0. The van der Waals surface area contributed by atoms with Crippen LogP contribution < -0.4 is 10.2 Å². The van der Waals surface area contributed by atoms with Crippen LogP contribution in [-0.2, 0) is 0 Å². The first-order valence-electron chi connectivity index (χ1n) is 6.99. The quantitative estimate of drug-likeness (QED) is 0.774. The van der Waals surface area contributed by atoms with E-state index in [-0.39, 0.29) is 5.54 Å². The Morgan fingerprint density at radius 3 is 2.39 bits per heavy atom. The molecule has 2 nitrogen and oxygen atoms in total. The number of rotatable bonds is 6. The van der Waals surface area contributed by atoms with Crippen LogP contribution in [0.3, 0.4) is 0 Å². The molecule has 0 aliphatic rings. The monoisotopic (exact) mass is 248 g/mol. The van der Waals surface area contributed by atoms with Crippen molar-refractivity contribution in [2.75, 3.05) is 24.5 Å². The van der Waals surface area contributed by atoms with E-state index in [0.717, 1.165) is 19.6 Å². The smallest absolute Gasteiger partial charge is 0.0395 e. The van der Waals surface area contributed by atoms with E-state index < -0.39 is 0 Å². The second-order valence-electron chi connectivity index (χ2n) is 5.90. The van der Waals surface area contributed by atoms with Crippen molar-refractivity contribution in [3.05, 3.63) is 29.8 Å². The van der Waals surface area contributed by atoms with Crippen molar-refractivity contribution in [2.24, 2.45) is 0 Å². The van der Waals surface area contributed by atoms with Crippen molar-refractivity contribution in [3.8, 4) is 0 Å². The SMILES string of the molecule is CCN(CCCNC(C)(C)C)c1ccccc1C. The minimum absolute atomic E-state index is 0.222. The summed E-state index contributed by atoms with van der Waals surface area (Å²) in [6.45, 7) is 14.3. The van der Waals surface area contributed by atoms with Crippen LogP contribution in [0.5, 0.6) is 0 Å². The van der Waals surface area contributed by atoms with Crippen LogP contribution in [0.1, 0.15) is 39.7 Å². The van der Waals surface area contributed by atoms with Gasteiger partial charge in [0.15, 0.2) is 0 Å². The molecule has 0 aliphatic heterocycles. The second kappa shape index (κ2) is 6.79. The molecule has 0 amide bonds. The highest BCUT2D eigenvalue weighted by molar-refractivity contribution is 5.52. The van der Waals surface area contributed by atoms with E-state index in [4.69, 9.17) is 0 Å². The molecule has 0 bridgehead atoms. The van der Waals surface area contributed by atoms with E-state index in [2.05, 4.69) is 69.1 Å². The van der Waals surface area contributed by atoms with Gasteiger partial charge in [0, 0.05) is 24.3 Å². The maximum absolute atomic E-state index is 3.54. The number of para-hydroxylation sites is 1. The van der Waals surface area contributed by atoms with Crippen molar-refractivity contribution in [3.63, 3.8) is 0 Å². The molecule has 0 radical (unpaired) electrons. The lowest BCUT2D eigenvalue weighted by atomic mass is 10.1. The van der Waals surface area contributed by atoms with Gasteiger partial charge in [0.05, 0.1) is 0 Å². The molecule has 2 heteroatoms.